The third-order valence-corrected chi connectivity index (χ3v) is 2.02. The molecule has 0 amide bonds. The lowest BCUT2D eigenvalue weighted by molar-refractivity contribution is 0.656. The summed E-state index contributed by atoms with van der Waals surface area (Å²) in [5.41, 5.74) is 2.40. The highest BCUT2D eigenvalue weighted by Crippen LogP contribution is 2.00. The number of hydrogen-bond donors (Lipinski definition) is 0. The first kappa shape index (κ1) is 22.4. The van der Waals surface area contributed by atoms with Gasteiger partial charge >= 0.3 is 0 Å². The summed E-state index contributed by atoms with van der Waals surface area (Å²) < 4.78 is 0. The minimum absolute atomic E-state index is 1.09. The third-order valence-electron chi connectivity index (χ3n) is 2.02. The van der Waals surface area contributed by atoms with Gasteiger partial charge in [-0.15, -0.1) is 0 Å². The molecule has 0 N–H and O–H groups in total. The highest BCUT2D eigenvalue weighted by atomic mass is 13.9. The van der Waals surface area contributed by atoms with Crippen LogP contribution in [0.15, 0.2) is 36.0 Å². The van der Waals surface area contributed by atoms with Gasteiger partial charge in [0.25, 0.3) is 0 Å². The second-order valence-electron chi connectivity index (χ2n) is 4.51. The number of rotatable bonds is 6. The molecule has 0 heterocycles. The van der Waals surface area contributed by atoms with Crippen LogP contribution in [0.3, 0.4) is 0 Å². The summed E-state index contributed by atoms with van der Waals surface area (Å²) in [7, 11) is 0. The molecule has 0 fully saturated rings. The van der Waals surface area contributed by atoms with Crippen molar-refractivity contribution in [3.8, 4) is 0 Å². The molecule has 0 spiro atoms. The standard InChI is InChI=1S/C9H14.C7H16.C2H6/c1-8(2)6-5-7-9(3)4;1-3-5-7-6-4-2;1-2/h5-7H,1H2,2-4H3;3-7H2,1-2H3;1-2H3/b6-5-;;. The third kappa shape index (κ3) is 36.2. The molecule has 0 aromatic carbocycles. The molecule has 0 heteroatoms. The Morgan fingerprint density at radius 3 is 1.61 bits per heavy atom. The van der Waals surface area contributed by atoms with E-state index in [4.69, 9.17) is 0 Å². The zero-order valence-corrected chi connectivity index (χ0v) is 14.0. The number of allylic oxidation sites excluding steroid dienone is 5. The van der Waals surface area contributed by atoms with E-state index >= 15 is 0 Å². The lowest BCUT2D eigenvalue weighted by Crippen LogP contribution is -1.70. The number of hydrogen-bond acceptors (Lipinski definition) is 0. The Morgan fingerprint density at radius 1 is 0.889 bits per heavy atom. The SMILES string of the molecule is C=C(C)/C=C\C=C(C)C.CC.CCCCCCC. The Morgan fingerprint density at radius 2 is 1.33 bits per heavy atom. The summed E-state index contributed by atoms with van der Waals surface area (Å²) in [6.45, 7) is 18.4. The molecule has 0 aliphatic rings. The van der Waals surface area contributed by atoms with E-state index < -0.39 is 0 Å². The quantitative estimate of drug-likeness (QED) is 0.350. The van der Waals surface area contributed by atoms with Gasteiger partial charge in [-0.1, -0.05) is 95.8 Å². The molecule has 0 aliphatic carbocycles. The molecule has 18 heavy (non-hydrogen) atoms. The fraction of sp³-hybridized carbons (Fsp3) is 0.667. The van der Waals surface area contributed by atoms with E-state index in [2.05, 4.69) is 40.3 Å². The first-order chi connectivity index (χ1) is 8.54. The van der Waals surface area contributed by atoms with Gasteiger partial charge in [0.1, 0.15) is 0 Å². The van der Waals surface area contributed by atoms with Crippen molar-refractivity contribution in [3.63, 3.8) is 0 Å². The van der Waals surface area contributed by atoms with Crippen LogP contribution in [0.4, 0.5) is 0 Å². The van der Waals surface area contributed by atoms with Crippen molar-refractivity contribution < 1.29 is 0 Å². The maximum atomic E-state index is 3.74. The fourth-order valence-corrected chi connectivity index (χ4v) is 1.08. The molecule has 0 saturated heterocycles. The van der Waals surface area contributed by atoms with Crippen LogP contribution in [0, 0.1) is 0 Å². The van der Waals surface area contributed by atoms with E-state index in [1.54, 1.807) is 0 Å². The largest absolute Gasteiger partial charge is 0.0961 e. The minimum Gasteiger partial charge on any atom is -0.0961 e. The lowest BCUT2D eigenvalue weighted by atomic mass is 10.2. The van der Waals surface area contributed by atoms with Crippen LogP contribution < -0.4 is 0 Å². The van der Waals surface area contributed by atoms with E-state index in [1.165, 1.54) is 37.7 Å². The monoisotopic (exact) mass is 252 g/mol. The molecule has 0 aromatic rings. The van der Waals surface area contributed by atoms with Crippen molar-refractivity contribution in [1.29, 1.82) is 0 Å². The molecule has 0 radical (unpaired) electrons. The smallest absolute Gasteiger partial charge is 0.0404 e. The molecule has 0 aromatic heterocycles. The van der Waals surface area contributed by atoms with Crippen LogP contribution in [0.5, 0.6) is 0 Å². The van der Waals surface area contributed by atoms with Crippen molar-refractivity contribution in [3.05, 3.63) is 36.0 Å². The molecule has 108 valence electrons. The maximum absolute atomic E-state index is 3.74. The Labute approximate surface area is 117 Å². The Bertz CT molecular complexity index is 198. The summed E-state index contributed by atoms with van der Waals surface area (Å²) in [6.07, 6.45) is 13.1. The Balaban J connectivity index is -0.000000225. The molecule has 0 bridgehead atoms. The normalized spacial score (nSPS) is 8.83. The Kier molecular flexibility index (Phi) is 26.8. The summed E-state index contributed by atoms with van der Waals surface area (Å²) in [5.74, 6) is 0. The zero-order chi connectivity index (χ0) is 14.8. The van der Waals surface area contributed by atoms with Gasteiger partial charge in [0.05, 0.1) is 0 Å². The lowest BCUT2D eigenvalue weighted by Gasteiger charge is -1.90. The van der Waals surface area contributed by atoms with Crippen LogP contribution in [0.25, 0.3) is 0 Å². The van der Waals surface area contributed by atoms with Crippen LogP contribution in [0.2, 0.25) is 0 Å². The Hall–Kier alpha value is -0.780. The van der Waals surface area contributed by atoms with Crippen LogP contribution in [-0.2, 0) is 0 Å². The maximum Gasteiger partial charge on any atom is -0.0404 e. The minimum atomic E-state index is 1.09. The van der Waals surface area contributed by atoms with E-state index in [0.717, 1.165) is 5.57 Å². The highest BCUT2D eigenvalue weighted by Gasteiger charge is 1.80. The molecule has 0 unspecified atom stereocenters. The van der Waals surface area contributed by atoms with Gasteiger partial charge < -0.3 is 0 Å². The van der Waals surface area contributed by atoms with Crippen molar-refractivity contribution in [2.75, 3.05) is 0 Å². The summed E-state index contributed by atoms with van der Waals surface area (Å²) >= 11 is 0. The van der Waals surface area contributed by atoms with Crippen molar-refractivity contribution >= 4 is 0 Å². The predicted octanol–water partition coefficient (Wildman–Crippen LogP) is 7.09. The topological polar surface area (TPSA) is 0 Å². The first-order valence-electron chi connectivity index (χ1n) is 7.51. The van der Waals surface area contributed by atoms with E-state index in [-0.39, 0.29) is 0 Å². The fourth-order valence-electron chi connectivity index (χ4n) is 1.08. The van der Waals surface area contributed by atoms with Crippen molar-refractivity contribution in [2.45, 2.75) is 80.6 Å². The van der Waals surface area contributed by atoms with Crippen LogP contribution in [0.1, 0.15) is 80.6 Å². The van der Waals surface area contributed by atoms with E-state index in [0.29, 0.717) is 0 Å². The average Bonchev–Trinajstić information content (AvgIpc) is 2.32. The highest BCUT2D eigenvalue weighted by molar-refractivity contribution is 5.18. The number of unbranched alkanes of at least 4 members (excludes halogenated alkanes) is 4. The van der Waals surface area contributed by atoms with Gasteiger partial charge in [0, 0.05) is 0 Å². The van der Waals surface area contributed by atoms with Gasteiger partial charge in [0.2, 0.25) is 0 Å². The zero-order valence-electron chi connectivity index (χ0n) is 14.0. The summed E-state index contributed by atoms with van der Waals surface area (Å²) in [5, 5.41) is 0. The summed E-state index contributed by atoms with van der Waals surface area (Å²) in [4.78, 5) is 0. The van der Waals surface area contributed by atoms with Crippen molar-refractivity contribution in [1.82, 2.24) is 0 Å². The molecule has 0 atom stereocenters. The molecular weight excluding hydrogens is 216 g/mol. The van der Waals surface area contributed by atoms with Gasteiger partial charge in [0.15, 0.2) is 0 Å². The van der Waals surface area contributed by atoms with Crippen LogP contribution in [-0.4, -0.2) is 0 Å². The van der Waals surface area contributed by atoms with Crippen LogP contribution >= 0.6 is 0 Å². The molecule has 0 rings (SSSR count). The second-order valence-corrected chi connectivity index (χ2v) is 4.51. The average molecular weight is 252 g/mol. The van der Waals surface area contributed by atoms with Gasteiger partial charge in [-0.05, 0) is 20.8 Å². The van der Waals surface area contributed by atoms with E-state index in [1.807, 2.05) is 32.9 Å². The molecular formula is C18H36. The van der Waals surface area contributed by atoms with Crippen molar-refractivity contribution in [2.24, 2.45) is 0 Å². The van der Waals surface area contributed by atoms with Gasteiger partial charge in [-0.25, -0.2) is 0 Å². The molecule has 0 nitrogen and oxygen atoms in total. The second kappa shape index (κ2) is 21.5. The first-order valence-corrected chi connectivity index (χ1v) is 7.51. The van der Waals surface area contributed by atoms with Gasteiger partial charge in [-0.2, -0.15) is 0 Å². The van der Waals surface area contributed by atoms with E-state index in [9.17, 15) is 0 Å². The summed E-state index contributed by atoms with van der Waals surface area (Å²) in [6, 6.07) is 0. The predicted molar refractivity (Wildman–Crippen MR) is 89.2 cm³/mol. The van der Waals surface area contributed by atoms with Gasteiger partial charge in [-0.3, -0.25) is 0 Å². The molecule has 0 aliphatic heterocycles. The molecule has 0 saturated carbocycles.